The Kier molecular flexibility index (Phi) is 8.80. The second-order valence-electron chi connectivity index (χ2n) is 6.04. The normalized spacial score (nSPS) is 10.7. The Morgan fingerprint density at radius 1 is 1.21 bits per heavy atom. The molecule has 1 amide bonds. The van der Waals surface area contributed by atoms with E-state index in [0.717, 1.165) is 23.4 Å². The van der Waals surface area contributed by atoms with Gasteiger partial charge in [0.15, 0.2) is 0 Å². The van der Waals surface area contributed by atoms with Crippen LogP contribution in [-0.2, 0) is 9.53 Å². The molecule has 29 heavy (non-hydrogen) atoms. The Bertz CT molecular complexity index is 935. The SMILES string of the molecule is CCCCOC(=O)c1ccccc1NC(=O)/C(C#N)=C\Nc1cccc(SC)c1. The average molecular weight is 410 g/mol. The predicted octanol–water partition coefficient (Wildman–Crippen LogP) is 4.82. The topological polar surface area (TPSA) is 91.2 Å². The molecule has 0 atom stereocenters. The van der Waals surface area contributed by atoms with Gasteiger partial charge >= 0.3 is 5.97 Å². The van der Waals surface area contributed by atoms with Gasteiger partial charge in [-0.05, 0) is 43.0 Å². The molecule has 2 rings (SSSR count). The minimum atomic E-state index is -0.616. The zero-order valence-corrected chi connectivity index (χ0v) is 17.2. The maximum atomic E-state index is 12.5. The third-order valence-corrected chi connectivity index (χ3v) is 4.67. The van der Waals surface area contributed by atoms with E-state index >= 15 is 0 Å². The van der Waals surface area contributed by atoms with Crippen LogP contribution in [0.5, 0.6) is 0 Å². The Morgan fingerprint density at radius 3 is 2.72 bits per heavy atom. The van der Waals surface area contributed by atoms with Crippen LogP contribution in [0.2, 0.25) is 0 Å². The van der Waals surface area contributed by atoms with Gasteiger partial charge < -0.3 is 15.4 Å². The maximum Gasteiger partial charge on any atom is 0.340 e. The van der Waals surface area contributed by atoms with Crippen molar-refractivity contribution in [3.63, 3.8) is 0 Å². The smallest absolute Gasteiger partial charge is 0.340 e. The van der Waals surface area contributed by atoms with Crippen molar-refractivity contribution in [3.05, 3.63) is 65.9 Å². The summed E-state index contributed by atoms with van der Waals surface area (Å²) >= 11 is 1.59. The summed E-state index contributed by atoms with van der Waals surface area (Å²) in [4.78, 5) is 25.8. The minimum Gasteiger partial charge on any atom is -0.462 e. The summed E-state index contributed by atoms with van der Waals surface area (Å²) in [5, 5.41) is 14.9. The fourth-order valence-corrected chi connectivity index (χ4v) is 2.82. The van der Waals surface area contributed by atoms with Crippen LogP contribution in [0.4, 0.5) is 11.4 Å². The van der Waals surface area contributed by atoms with Crippen LogP contribution in [-0.4, -0.2) is 24.7 Å². The third kappa shape index (κ3) is 6.70. The highest BCUT2D eigenvalue weighted by atomic mass is 32.2. The predicted molar refractivity (Wildman–Crippen MR) is 116 cm³/mol. The number of unbranched alkanes of at least 4 members (excludes halogenated alkanes) is 1. The number of carbonyl (C=O) groups excluding carboxylic acids is 2. The molecule has 0 aliphatic rings. The highest BCUT2D eigenvalue weighted by Crippen LogP contribution is 2.20. The zero-order chi connectivity index (χ0) is 21.1. The number of nitriles is 1. The average Bonchev–Trinajstić information content (AvgIpc) is 2.74. The number of esters is 1. The van der Waals surface area contributed by atoms with Crippen molar-refractivity contribution >= 4 is 35.0 Å². The van der Waals surface area contributed by atoms with Gasteiger partial charge in [-0.2, -0.15) is 5.26 Å². The molecule has 150 valence electrons. The van der Waals surface area contributed by atoms with Crippen LogP contribution in [0.1, 0.15) is 30.1 Å². The second-order valence-corrected chi connectivity index (χ2v) is 6.91. The fourth-order valence-electron chi connectivity index (χ4n) is 2.36. The van der Waals surface area contributed by atoms with Crippen LogP contribution in [0.25, 0.3) is 0 Å². The number of para-hydroxylation sites is 1. The molecule has 2 aromatic rings. The molecule has 6 nitrogen and oxygen atoms in total. The number of anilines is 2. The fraction of sp³-hybridized carbons (Fsp3) is 0.227. The first-order valence-electron chi connectivity index (χ1n) is 9.17. The van der Waals surface area contributed by atoms with Gasteiger partial charge in [-0.25, -0.2) is 4.79 Å². The van der Waals surface area contributed by atoms with Gasteiger partial charge in [-0.3, -0.25) is 4.79 Å². The standard InChI is InChI=1S/C22H23N3O3S/c1-3-4-12-28-22(27)19-10-5-6-11-20(19)25-21(26)16(14-23)15-24-17-8-7-9-18(13-17)29-2/h5-11,13,15,24H,3-4,12H2,1-2H3,(H,25,26)/b16-15-. The molecule has 0 saturated carbocycles. The van der Waals surface area contributed by atoms with Crippen molar-refractivity contribution in [2.45, 2.75) is 24.7 Å². The van der Waals surface area contributed by atoms with Gasteiger partial charge in [0.2, 0.25) is 0 Å². The molecular weight excluding hydrogens is 386 g/mol. The van der Waals surface area contributed by atoms with E-state index < -0.39 is 11.9 Å². The molecular formula is C22H23N3O3S. The van der Waals surface area contributed by atoms with E-state index in [1.807, 2.05) is 43.5 Å². The molecule has 0 aliphatic heterocycles. The number of nitrogens with zero attached hydrogens (tertiary/aromatic N) is 1. The van der Waals surface area contributed by atoms with E-state index in [2.05, 4.69) is 10.6 Å². The summed E-state index contributed by atoms with van der Waals surface area (Å²) in [6.45, 7) is 2.32. The van der Waals surface area contributed by atoms with E-state index in [1.165, 1.54) is 6.20 Å². The van der Waals surface area contributed by atoms with E-state index in [9.17, 15) is 14.9 Å². The van der Waals surface area contributed by atoms with Crippen molar-refractivity contribution in [2.75, 3.05) is 23.5 Å². The van der Waals surface area contributed by atoms with Gasteiger partial charge in [0, 0.05) is 16.8 Å². The summed E-state index contributed by atoms with van der Waals surface area (Å²) < 4.78 is 5.22. The molecule has 0 saturated heterocycles. The summed E-state index contributed by atoms with van der Waals surface area (Å²) in [7, 11) is 0. The van der Waals surface area contributed by atoms with Crippen LogP contribution >= 0.6 is 11.8 Å². The lowest BCUT2D eigenvalue weighted by atomic mass is 10.1. The highest BCUT2D eigenvalue weighted by molar-refractivity contribution is 7.98. The zero-order valence-electron chi connectivity index (χ0n) is 16.4. The van der Waals surface area contributed by atoms with Crippen molar-refractivity contribution < 1.29 is 14.3 Å². The molecule has 0 radical (unpaired) electrons. The molecule has 0 aliphatic carbocycles. The largest absolute Gasteiger partial charge is 0.462 e. The summed E-state index contributed by atoms with van der Waals surface area (Å²) in [5.41, 5.74) is 1.19. The van der Waals surface area contributed by atoms with E-state index in [4.69, 9.17) is 4.74 Å². The lowest BCUT2D eigenvalue weighted by molar-refractivity contribution is -0.112. The van der Waals surface area contributed by atoms with Gasteiger partial charge in [-0.15, -0.1) is 11.8 Å². The lowest BCUT2D eigenvalue weighted by Crippen LogP contribution is -2.17. The first-order chi connectivity index (χ1) is 14.1. The molecule has 2 aromatic carbocycles. The minimum absolute atomic E-state index is 0.117. The molecule has 0 fully saturated rings. The number of ether oxygens (including phenoxy) is 1. The molecule has 0 spiro atoms. The van der Waals surface area contributed by atoms with Gasteiger partial charge in [0.1, 0.15) is 11.6 Å². The van der Waals surface area contributed by atoms with Crippen molar-refractivity contribution in [2.24, 2.45) is 0 Å². The van der Waals surface area contributed by atoms with Gasteiger partial charge in [-0.1, -0.05) is 31.5 Å². The van der Waals surface area contributed by atoms with Gasteiger partial charge in [0.05, 0.1) is 17.9 Å². The van der Waals surface area contributed by atoms with Crippen molar-refractivity contribution in [1.29, 1.82) is 5.26 Å². The number of nitrogens with one attached hydrogen (secondary N) is 2. The number of amides is 1. The Balaban J connectivity index is 2.11. The Morgan fingerprint density at radius 2 is 2.00 bits per heavy atom. The van der Waals surface area contributed by atoms with E-state index in [0.29, 0.717) is 12.3 Å². The molecule has 0 bridgehead atoms. The molecule has 0 aromatic heterocycles. The quantitative estimate of drug-likeness (QED) is 0.203. The summed E-state index contributed by atoms with van der Waals surface area (Å²) in [6, 6.07) is 16.0. The summed E-state index contributed by atoms with van der Waals surface area (Å²) in [5.74, 6) is -1.13. The summed E-state index contributed by atoms with van der Waals surface area (Å²) in [6.07, 6.45) is 4.99. The number of carbonyl (C=O) groups is 2. The van der Waals surface area contributed by atoms with Crippen LogP contribution in [0.3, 0.4) is 0 Å². The number of hydrogen-bond acceptors (Lipinski definition) is 6. The highest BCUT2D eigenvalue weighted by Gasteiger charge is 2.16. The second kappa shape index (κ2) is 11.6. The van der Waals surface area contributed by atoms with Crippen molar-refractivity contribution in [1.82, 2.24) is 0 Å². The molecule has 0 heterocycles. The monoisotopic (exact) mass is 409 g/mol. The number of hydrogen-bond donors (Lipinski definition) is 2. The molecule has 7 heteroatoms. The van der Waals surface area contributed by atoms with Crippen LogP contribution in [0.15, 0.2) is 65.2 Å². The molecule has 2 N–H and O–H groups in total. The van der Waals surface area contributed by atoms with E-state index in [1.54, 1.807) is 36.0 Å². The number of rotatable bonds is 9. The van der Waals surface area contributed by atoms with Gasteiger partial charge in [0.25, 0.3) is 5.91 Å². The van der Waals surface area contributed by atoms with Crippen LogP contribution < -0.4 is 10.6 Å². The van der Waals surface area contributed by atoms with Crippen LogP contribution in [0, 0.1) is 11.3 Å². The third-order valence-electron chi connectivity index (χ3n) is 3.94. The Hall–Kier alpha value is -3.24. The van der Waals surface area contributed by atoms with E-state index in [-0.39, 0.29) is 11.1 Å². The lowest BCUT2D eigenvalue weighted by Gasteiger charge is -2.11. The maximum absolute atomic E-state index is 12.5. The molecule has 0 unspecified atom stereocenters. The Labute approximate surface area is 175 Å². The first-order valence-corrected chi connectivity index (χ1v) is 10.4. The number of benzene rings is 2. The number of thioether (sulfide) groups is 1. The first kappa shape index (κ1) is 22.1. The van der Waals surface area contributed by atoms with Crippen molar-refractivity contribution in [3.8, 4) is 6.07 Å².